The lowest BCUT2D eigenvalue weighted by Crippen LogP contribution is -2.35. The van der Waals surface area contributed by atoms with Crippen LogP contribution in [0.4, 0.5) is 5.69 Å². The van der Waals surface area contributed by atoms with E-state index in [1.165, 1.54) is 5.56 Å². The van der Waals surface area contributed by atoms with Gasteiger partial charge in [-0.2, -0.15) is 5.10 Å². The molecule has 0 aliphatic carbocycles. The van der Waals surface area contributed by atoms with E-state index in [1.807, 2.05) is 30.8 Å². The van der Waals surface area contributed by atoms with Gasteiger partial charge < -0.3 is 10.1 Å². The number of aryl methyl sites for hydroxylation is 2. The summed E-state index contributed by atoms with van der Waals surface area (Å²) in [6.07, 6.45) is 0. The molecule has 2 aromatic rings. The largest absolute Gasteiger partial charge is 0.485 e. The van der Waals surface area contributed by atoms with Gasteiger partial charge in [0.2, 0.25) is 0 Å². The zero-order valence-corrected chi connectivity index (χ0v) is 12.7. The minimum atomic E-state index is -0.279. The number of para-hydroxylation sites is 1. The standard InChI is InChI=1S/C16H21N3O/c1-10-14(11(2)19(5)18-10)17-15-12-8-6-7-9-13(12)20-16(15,3)4/h6-9,15,17H,1-5H3. The number of nitrogens with zero attached hydrogens (tertiary/aromatic N) is 2. The molecule has 1 unspecified atom stereocenters. The Hall–Kier alpha value is -1.97. The topological polar surface area (TPSA) is 39.1 Å². The van der Waals surface area contributed by atoms with Crippen LogP contribution in [0.1, 0.15) is 36.8 Å². The molecule has 0 radical (unpaired) electrons. The third-order valence-corrected chi connectivity index (χ3v) is 4.10. The lowest BCUT2D eigenvalue weighted by molar-refractivity contribution is 0.118. The first kappa shape index (κ1) is 13.0. The zero-order valence-electron chi connectivity index (χ0n) is 12.7. The summed E-state index contributed by atoms with van der Waals surface area (Å²) in [7, 11) is 1.97. The molecule has 0 spiro atoms. The van der Waals surface area contributed by atoms with Gasteiger partial charge in [-0.05, 0) is 33.8 Å². The van der Waals surface area contributed by atoms with Crippen molar-refractivity contribution in [2.45, 2.75) is 39.3 Å². The van der Waals surface area contributed by atoms with Gasteiger partial charge in [0.05, 0.1) is 23.1 Å². The Balaban J connectivity index is 2.01. The van der Waals surface area contributed by atoms with Crippen LogP contribution in [0, 0.1) is 13.8 Å². The van der Waals surface area contributed by atoms with E-state index < -0.39 is 0 Å². The molecule has 1 aromatic heterocycles. The number of aromatic nitrogens is 2. The van der Waals surface area contributed by atoms with Crippen molar-refractivity contribution in [1.82, 2.24) is 9.78 Å². The van der Waals surface area contributed by atoms with Crippen LogP contribution in [-0.4, -0.2) is 15.4 Å². The maximum absolute atomic E-state index is 6.08. The normalized spacial score (nSPS) is 19.6. The van der Waals surface area contributed by atoms with Crippen molar-refractivity contribution in [2.24, 2.45) is 7.05 Å². The summed E-state index contributed by atoms with van der Waals surface area (Å²) >= 11 is 0. The highest BCUT2D eigenvalue weighted by molar-refractivity contribution is 5.56. The van der Waals surface area contributed by atoms with Gasteiger partial charge in [0.1, 0.15) is 11.4 Å². The number of fused-ring (bicyclic) bond motifs is 1. The van der Waals surface area contributed by atoms with E-state index in [0.29, 0.717) is 0 Å². The first-order valence-corrected chi connectivity index (χ1v) is 6.95. The second-order valence-electron chi connectivity index (χ2n) is 5.99. The number of hydrogen-bond acceptors (Lipinski definition) is 3. The fraction of sp³-hybridized carbons (Fsp3) is 0.438. The van der Waals surface area contributed by atoms with Gasteiger partial charge in [0.25, 0.3) is 0 Å². The number of nitrogens with one attached hydrogen (secondary N) is 1. The Morgan fingerprint density at radius 2 is 1.95 bits per heavy atom. The summed E-state index contributed by atoms with van der Waals surface area (Å²) in [5.74, 6) is 0.967. The molecule has 0 saturated carbocycles. The summed E-state index contributed by atoms with van der Waals surface area (Å²) in [4.78, 5) is 0. The number of ether oxygens (including phenoxy) is 1. The predicted molar refractivity (Wildman–Crippen MR) is 80.2 cm³/mol. The number of hydrogen-bond donors (Lipinski definition) is 1. The van der Waals surface area contributed by atoms with Gasteiger partial charge in [-0.1, -0.05) is 18.2 Å². The Morgan fingerprint density at radius 1 is 1.25 bits per heavy atom. The minimum absolute atomic E-state index is 0.125. The van der Waals surface area contributed by atoms with Crippen molar-refractivity contribution in [2.75, 3.05) is 5.32 Å². The smallest absolute Gasteiger partial charge is 0.128 e. The van der Waals surface area contributed by atoms with Crippen LogP contribution in [0.15, 0.2) is 24.3 Å². The molecule has 3 rings (SSSR count). The highest BCUT2D eigenvalue weighted by Gasteiger charge is 2.41. The van der Waals surface area contributed by atoms with E-state index in [9.17, 15) is 0 Å². The molecule has 1 aromatic carbocycles. The van der Waals surface area contributed by atoms with Crippen molar-refractivity contribution >= 4 is 5.69 Å². The van der Waals surface area contributed by atoms with E-state index in [4.69, 9.17) is 4.74 Å². The van der Waals surface area contributed by atoms with Crippen molar-refractivity contribution in [3.05, 3.63) is 41.2 Å². The Labute approximate surface area is 119 Å². The molecule has 4 heteroatoms. The average Bonchev–Trinajstić information content (AvgIpc) is 2.77. The Bertz CT molecular complexity index is 658. The second-order valence-corrected chi connectivity index (χ2v) is 5.99. The molecule has 0 fully saturated rings. The van der Waals surface area contributed by atoms with Crippen molar-refractivity contribution < 1.29 is 4.74 Å². The molecule has 106 valence electrons. The van der Waals surface area contributed by atoms with Gasteiger partial charge in [-0.15, -0.1) is 0 Å². The van der Waals surface area contributed by atoms with Crippen molar-refractivity contribution in [3.8, 4) is 5.75 Å². The summed E-state index contributed by atoms with van der Waals surface area (Å²) in [6, 6.07) is 8.35. The molecule has 1 atom stereocenters. The van der Waals surface area contributed by atoms with Gasteiger partial charge in [0, 0.05) is 12.6 Å². The fourth-order valence-electron chi connectivity index (χ4n) is 2.91. The molecule has 0 bridgehead atoms. The maximum Gasteiger partial charge on any atom is 0.128 e. The molecule has 0 saturated heterocycles. The zero-order chi connectivity index (χ0) is 14.5. The Morgan fingerprint density at radius 3 is 2.60 bits per heavy atom. The minimum Gasteiger partial charge on any atom is -0.485 e. The summed E-state index contributed by atoms with van der Waals surface area (Å²) in [5.41, 5.74) is 4.19. The third-order valence-electron chi connectivity index (χ3n) is 4.10. The predicted octanol–water partition coefficient (Wildman–Crippen LogP) is 3.36. The van der Waals surface area contributed by atoms with Crippen LogP contribution >= 0.6 is 0 Å². The van der Waals surface area contributed by atoms with Crippen molar-refractivity contribution in [3.63, 3.8) is 0 Å². The molecular weight excluding hydrogens is 250 g/mol. The van der Waals surface area contributed by atoms with Gasteiger partial charge in [-0.25, -0.2) is 0 Å². The molecule has 1 aliphatic rings. The van der Waals surface area contributed by atoms with Gasteiger partial charge in [-0.3, -0.25) is 4.68 Å². The van der Waals surface area contributed by atoms with Gasteiger partial charge in [0.15, 0.2) is 0 Å². The first-order valence-electron chi connectivity index (χ1n) is 6.95. The van der Waals surface area contributed by atoms with Crippen molar-refractivity contribution in [1.29, 1.82) is 0 Å². The van der Waals surface area contributed by atoms with E-state index in [-0.39, 0.29) is 11.6 Å². The molecule has 4 nitrogen and oxygen atoms in total. The lowest BCUT2D eigenvalue weighted by atomic mass is 9.94. The van der Waals surface area contributed by atoms with Crippen LogP contribution in [0.25, 0.3) is 0 Å². The molecule has 2 heterocycles. The van der Waals surface area contributed by atoms with E-state index in [2.05, 4.69) is 43.3 Å². The number of benzene rings is 1. The lowest BCUT2D eigenvalue weighted by Gasteiger charge is -2.28. The van der Waals surface area contributed by atoms with E-state index in [0.717, 1.165) is 22.8 Å². The number of anilines is 1. The van der Waals surface area contributed by atoms with Crippen LogP contribution in [0.3, 0.4) is 0 Å². The molecule has 1 aliphatic heterocycles. The van der Waals surface area contributed by atoms with Gasteiger partial charge >= 0.3 is 0 Å². The number of rotatable bonds is 2. The maximum atomic E-state index is 6.08. The van der Waals surface area contributed by atoms with Crippen LogP contribution in [0.2, 0.25) is 0 Å². The summed E-state index contributed by atoms with van der Waals surface area (Å²) in [5, 5.41) is 8.11. The highest BCUT2D eigenvalue weighted by atomic mass is 16.5. The van der Waals surface area contributed by atoms with Crippen LogP contribution in [0.5, 0.6) is 5.75 Å². The van der Waals surface area contributed by atoms with Crippen LogP contribution < -0.4 is 10.1 Å². The van der Waals surface area contributed by atoms with Crippen LogP contribution in [-0.2, 0) is 7.05 Å². The molecule has 0 amide bonds. The average molecular weight is 271 g/mol. The second kappa shape index (κ2) is 4.27. The fourth-order valence-corrected chi connectivity index (χ4v) is 2.91. The molecule has 1 N–H and O–H groups in total. The summed E-state index contributed by atoms with van der Waals surface area (Å²) < 4.78 is 7.99. The molecule has 20 heavy (non-hydrogen) atoms. The Kier molecular flexibility index (Phi) is 2.78. The quantitative estimate of drug-likeness (QED) is 0.910. The monoisotopic (exact) mass is 271 g/mol. The first-order chi connectivity index (χ1) is 9.40. The SMILES string of the molecule is Cc1nn(C)c(C)c1NC1c2ccccc2OC1(C)C. The van der Waals surface area contributed by atoms with E-state index >= 15 is 0 Å². The molecular formula is C16H21N3O. The third kappa shape index (κ3) is 1.87. The summed E-state index contributed by atoms with van der Waals surface area (Å²) in [6.45, 7) is 8.35. The highest BCUT2D eigenvalue weighted by Crippen LogP contribution is 2.45. The van der Waals surface area contributed by atoms with E-state index in [1.54, 1.807) is 0 Å².